The van der Waals surface area contributed by atoms with Crippen molar-refractivity contribution in [3.05, 3.63) is 52.7 Å². The van der Waals surface area contributed by atoms with Crippen molar-refractivity contribution < 1.29 is 43.8 Å². The van der Waals surface area contributed by atoms with E-state index in [-0.39, 0.29) is 22.3 Å². The molecule has 28 heavy (non-hydrogen) atoms. The van der Waals surface area contributed by atoms with Crippen LogP contribution in [0.25, 0.3) is 22.3 Å². The molecule has 0 amide bonds. The third kappa shape index (κ3) is 4.23. The van der Waals surface area contributed by atoms with Gasteiger partial charge in [-0.2, -0.15) is 16.8 Å². The lowest BCUT2D eigenvalue weighted by Gasteiger charge is -2.11. The monoisotopic (exact) mass is 430 g/mol. The highest BCUT2D eigenvalue weighted by atomic mass is 32.3. The normalized spacial score (nSPS) is 12.1. The fourth-order valence-electron chi connectivity index (χ4n) is 2.34. The number of hydrogen-bond acceptors (Lipinski definition) is 9. The van der Waals surface area contributed by atoms with Gasteiger partial charge < -0.3 is 17.9 Å². The van der Waals surface area contributed by atoms with E-state index in [1.807, 2.05) is 0 Å². The molecule has 3 rings (SSSR count). The van der Waals surface area contributed by atoms with Gasteiger partial charge in [-0.1, -0.05) is 12.1 Å². The fourth-order valence-corrected chi connectivity index (χ4v) is 3.06. The molecule has 0 aliphatic carbocycles. The first-order valence-corrected chi connectivity index (χ1v) is 9.91. The molecule has 0 saturated heterocycles. The topological polar surface area (TPSA) is 178 Å². The summed E-state index contributed by atoms with van der Waals surface area (Å²) in [4.78, 5) is 12.3. The Morgan fingerprint density at radius 2 is 1.46 bits per heavy atom. The molecule has 3 N–H and O–H groups in total. The number of aromatic hydroxyl groups is 1. The third-order valence-corrected chi connectivity index (χ3v) is 4.15. The molecule has 0 bridgehead atoms. The maximum absolute atomic E-state index is 12.3. The zero-order valence-corrected chi connectivity index (χ0v) is 15.1. The summed E-state index contributed by atoms with van der Waals surface area (Å²) in [7, 11) is -10.2. The number of fused-ring (bicyclic) bond motifs is 1. The van der Waals surface area contributed by atoms with Gasteiger partial charge in [-0.25, -0.2) is 0 Å². The number of rotatable bonds is 5. The number of hydrogen-bond donors (Lipinski definition) is 3. The molecule has 13 heteroatoms. The molecule has 0 spiro atoms. The van der Waals surface area contributed by atoms with Crippen LogP contribution in [-0.2, 0) is 20.8 Å². The van der Waals surface area contributed by atoms with Crippen molar-refractivity contribution in [3.63, 3.8) is 0 Å². The molecule has 3 aromatic rings. The number of para-hydroxylation sites is 1. The Labute approximate surface area is 157 Å². The van der Waals surface area contributed by atoms with Gasteiger partial charge in [0.25, 0.3) is 0 Å². The molecule has 0 atom stereocenters. The summed E-state index contributed by atoms with van der Waals surface area (Å²) >= 11 is 0. The molecule has 11 nitrogen and oxygen atoms in total. The van der Waals surface area contributed by atoms with Crippen LogP contribution in [0, 0.1) is 0 Å². The van der Waals surface area contributed by atoms with E-state index in [9.17, 15) is 26.7 Å². The van der Waals surface area contributed by atoms with Crippen LogP contribution in [0.15, 0.2) is 51.7 Å². The molecular weight excluding hydrogens is 420 g/mol. The van der Waals surface area contributed by atoms with Crippen LogP contribution in [0.4, 0.5) is 0 Å². The summed E-state index contributed by atoms with van der Waals surface area (Å²) in [6, 6.07) is 8.73. The maximum atomic E-state index is 12.3. The van der Waals surface area contributed by atoms with Crippen LogP contribution in [0.3, 0.4) is 0 Å². The highest BCUT2D eigenvalue weighted by Gasteiger charge is 2.21. The zero-order chi connectivity index (χ0) is 20.7. The second kappa shape index (κ2) is 6.79. The maximum Gasteiger partial charge on any atom is 0.446 e. The lowest BCUT2D eigenvalue weighted by atomic mass is 10.1. The molecule has 1 heterocycles. The van der Waals surface area contributed by atoms with Crippen molar-refractivity contribution in [3.8, 4) is 28.6 Å². The third-order valence-electron chi connectivity index (χ3n) is 3.37. The highest BCUT2D eigenvalue weighted by molar-refractivity contribution is 7.81. The predicted molar refractivity (Wildman–Crippen MR) is 93.9 cm³/mol. The van der Waals surface area contributed by atoms with Crippen LogP contribution < -0.4 is 13.8 Å². The minimum atomic E-state index is -5.12. The van der Waals surface area contributed by atoms with Gasteiger partial charge in [0.2, 0.25) is 11.2 Å². The highest BCUT2D eigenvalue weighted by Crippen LogP contribution is 2.37. The summed E-state index contributed by atoms with van der Waals surface area (Å²) in [5, 5.41) is 10.2. The Bertz CT molecular complexity index is 1340. The summed E-state index contributed by atoms with van der Waals surface area (Å²) in [6.07, 6.45) is 0. The summed E-state index contributed by atoms with van der Waals surface area (Å²) in [5.74, 6) is -2.86. The Morgan fingerprint density at radius 1 is 0.857 bits per heavy atom. The molecule has 148 valence electrons. The second-order valence-corrected chi connectivity index (χ2v) is 7.33. The van der Waals surface area contributed by atoms with E-state index >= 15 is 0 Å². The van der Waals surface area contributed by atoms with E-state index < -0.39 is 43.5 Å². The van der Waals surface area contributed by atoms with Gasteiger partial charge in [0, 0.05) is 5.56 Å². The smallest absolute Gasteiger partial charge is 0.446 e. The van der Waals surface area contributed by atoms with Gasteiger partial charge in [0.15, 0.2) is 17.3 Å². The molecule has 0 aliphatic rings. The molecule has 2 aromatic carbocycles. The lowest BCUT2D eigenvalue weighted by molar-refractivity contribution is 0.361. The van der Waals surface area contributed by atoms with Crippen LogP contribution in [-0.4, -0.2) is 31.0 Å². The fraction of sp³-hybridized carbons (Fsp3) is 0. The van der Waals surface area contributed by atoms with E-state index in [4.69, 9.17) is 13.5 Å². The van der Waals surface area contributed by atoms with Gasteiger partial charge in [-0.3, -0.25) is 13.9 Å². The van der Waals surface area contributed by atoms with Crippen molar-refractivity contribution >= 4 is 31.8 Å². The average Bonchev–Trinajstić information content (AvgIpc) is 2.57. The van der Waals surface area contributed by atoms with Crippen LogP contribution in [0.2, 0.25) is 0 Å². The predicted octanol–water partition coefficient (Wildman–Crippen LogP) is 1.53. The molecule has 0 radical (unpaired) electrons. The van der Waals surface area contributed by atoms with E-state index in [2.05, 4.69) is 8.37 Å². The quantitative estimate of drug-likeness (QED) is 0.500. The zero-order valence-electron chi connectivity index (χ0n) is 13.5. The van der Waals surface area contributed by atoms with Gasteiger partial charge in [-0.15, -0.1) is 0 Å². The standard InChI is InChI=1S/C15H10O11S2/c16-13-9-3-1-2-4-10(9)24-15(14(13)17)8-5-6-11(25-27(18,19)20)12(7-8)26-28(21,22)23/h1-7,17H,(H,18,19,20)(H,21,22,23). The Hall–Kier alpha value is -3.13. The van der Waals surface area contributed by atoms with Crippen LogP contribution >= 0.6 is 0 Å². The van der Waals surface area contributed by atoms with Gasteiger partial charge >= 0.3 is 20.8 Å². The molecule has 0 unspecified atom stereocenters. The minimum absolute atomic E-state index is 0.0875. The van der Waals surface area contributed by atoms with E-state index in [0.29, 0.717) is 0 Å². The lowest BCUT2D eigenvalue weighted by Crippen LogP contribution is -2.11. The van der Waals surface area contributed by atoms with Crippen molar-refractivity contribution in [2.75, 3.05) is 0 Å². The van der Waals surface area contributed by atoms with Crippen LogP contribution in [0.1, 0.15) is 0 Å². The Balaban J connectivity index is 2.23. The summed E-state index contributed by atoms with van der Waals surface area (Å²) < 4.78 is 75.2. The molecule has 0 fully saturated rings. The first-order chi connectivity index (χ1) is 12.9. The second-order valence-electron chi connectivity index (χ2n) is 5.29. The van der Waals surface area contributed by atoms with Gasteiger partial charge in [-0.05, 0) is 30.3 Å². The SMILES string of the molecule is O=c1c(O)c(-c2ccc(OS(=O)(=O)O)c(OS(=O)(=O)O)c2)oc2ccccc12. The summed E-state index contributed by atoms with van der Waals surface area (Å²) in [6.45, 7) is 0. The number of benzene rings is 2. The first-order valence-electron chi connectivity index (χ1n) is 7.17. The van der Waals surface area contributed by atoms with Crippen LogP contribution in [0.5, 0.6) is 17.2 Å². The summed E-state index contributed by atoms with van der Waals surface area (Å²) in [5.41, 5.74) is -0.787. The van der Waals surface area contributed by atoms with E-state index in [1.54, 1.807) is 12.1 Å². The largest absolute Gasteiger partial charge is 0.502 e. The molecular formula is C15H10O11S2. The minimum Gasteiger partial charge on any atom is -0.502 e. The Morgan fingerprint density at radius 3 is 2.11 bits per heavy atom. The molecule has 0 saturated carbocycles. The Kier molecular flexibility index (Phi) is 4.76. The van der Waals surface area contributed by atoms with Crippen molar-refractivity contribution in [1.82, 2.24) is 0 Å². The van der Waals surface area contributed by atoms with Crippen molar-refractivity contribution in [2.24, 2.45) is 0 Å². The molecule has 1 aromatic heterocycles. The van der Waals surface area contributed by atoms with Crippen molar-refractivity contribution in [2.45, 2.75) is 0 Å². The van der Waals surface area contributed by atoms with Gasteiger partial charge in [0.1, 0.15) is 5.58 Å². The van der Waals surface area contributed by atoms with E-state index in [0.717, 1.165) is 18.2 Å². The van der Waals surface area contributed by atoms with Gasteiger partial charge in [0.05, 0.1) is 5.39 Å². The van der Waals surface area contributed by atoms with E-state index in [1.165, 1.54) is 12.1 Å². The molecule has 0 aliphatic heterocycles. The first kappa shape index (κ1) is 19.6. The average molecular weight is 430 g/mol. The van der Waals surface area contributed by atoms with Crippen molar-refractivity contribution in [1.29, 1.82) is 0 Å².